The minimum Gasteiger partial charge on any atom is -0.478 e. The van der Waals surface area contributed by atoms with Crippen molar-refractivity contribution in [2.24, 2.45) is 0 Å². The number of alkyl halides is 6. The fourth-order valence-corrected chi connectivity index (χ4v) is 6.36. The largest absolute Gasteiger partial charge is 0.478 e. The molecule has 0 saturated carbocycles. The van der Waals surface area contributed by atoms with Crippen LogP contribution < -0.4 is 5.32 Å². The van der Waals surface area contributed by atoms with Gasteiger partial charge in [-0.2, -0.15) is 26.3 Å². The van der Waals surface area contributed by atoms with Gasteiger partial charge >= 0.3 is 18.3 Å². The molecule has 0 radical (unpaired) electrons. The number of rotatable bonds is 7. The highest BCUT2D eigenvalue weighted by atomic mass is 32.2. The molecule has 1 saturated heterocycles. The zero-order valence-electron chi connectivity index (χ0n) is 21.7. The Hall–Kier alpha value is -4.22. The van der Waals surface area contributed by atoms with Gasteiger partial charge in [0.2, 0.25) is 11.9 Å². The number of amides is 2. The number of thiocarbonyl (C=S) groups is 1. The van der Waals surface area contributed by atoms with Crippen molar-refractivity contribution in [1.29, 1.82) is 0 Å². The van der Waals surface area contributed by atoms with E-state index < -0.39 is 41.3 Å². The maximum Gasteiger partial charge on any atom is 0.416 e. The third-order valence-corrected chi connectivity index (χ3v) is 8.49. The Balaban J connectivity index is 1.26. The van der Waals surface area contributed by atoms with E-state index in [4.69, 9.17) is 17.3 Å². The zero-order valence-corrected chi connectivity index (χ0v) is 24.1. The van der Waals surface area contributed by atoms with Crippen LogP contribution in [0.15, 0.2) is 52.7 Å². The third-order valence-electron chi connectivity index (χ3n) is 6.24. The number of nitrogens with one attached hydrogen (secondary N) is 2. The van der Waals surface area contributed by atoms with Gasteiger partial charge in [-0.15, -0.1) is 11.3 Å². The number of thiophene rings is 1. The number of aromatic nitrogens is 2. The molecule has 0 spiro atoms. The van der Waals surface area contributed by atoms with Crippen molar-refractivity contribution in [3.8, 4) is 11.1 Å². The van der Waals surface area contributed by atoms with Crippen LogP contribution in [0.1, 0.15) is 32.8 Å². The summed E-state index contributed by atoms with van der Waals surface area (Å²) in [6.45, 7) is -0.0859. The molecule has 0 aliphatic carbocycles. The Morgan fingerprint density at radius 1 is 1.02 bits per heavy atom. The number of H-pyrrole nitrogens is 1. The molecule has 2 aromatic carbocycles. The van der Waals surface area contributed by atoms with Crippen molar-refractivity contribution >= 4 is 80.5 Å². The number of halogens is 6. The summed E-state index contributed by atoms with van der Waals surface area (Å²) in [4.78, 5) is 45.4. The molecule has 5 rings (SSSR count). The molecule has 0 unspecified atom stereocenters. The highest BCUT2D eigenvalue weighted by molar-refractivity contribution is 8.26. The molecule has 2 aromatic heterocycles. The lowest BCUT2D eigenvalue weighted by molar-refractivity contribution is -0.143. The fraction of sp³-hybridized carbons (Fsp3) is 0.148. The van der Waals surface area contributed by atoms with E-state index in [9.17, 15) is 40.7 Å². The second kappa shape index (κ2) is 11.7. The van der Waals surface area contributed by atoms with E-state index in [1.807, 2.05) is 0 Å². The number of carboxylic acids is 1. The van der Waals surface area contributed by atoms with Crippen LogP contribution in [0, 0.1) is 0 Å². The number of thioether (sulfide) groups is 1. The van der Waals surface area contributed by atoms with Crippen LogP contribution in [0.4, 0.5) is 32.3 Å². The highest BCUT2D eigenvalue weighted by Gasteiger charge is 2.37. The van der Waals surface area contributed by atoms with Crippen molar-refractivity contribution < 1.29 is 45.8 Å². The summed E-state index contributed by atoms with van der Waals surface area (Å²) in [7, 11) is 0. The number of imidazole rings is 1. The molecule has 3 heterocycles. The van der Waals surface area contributed by atoms with Crippen LogP contribution >= 0.6 is 35.3 Å². The molecule has 17 heteroatoms. The lowest BCUT2D eigenvalue weighted by atomic mass is 10.0. The summed E-state index contributed by atoms with van der Waals surface area (Å²) < 4.78 is 79.8. The average molecular weight is 671 g/mol. The molecule has 4 aromatic rings. The summed E-state index contributed by atoms with van der Waals surface area (Å²) in [5.74, 6) is -2.08. The van der Waals surface area contributed by atoms with Crippen LogP contribution in [0.5, 0.6) is 0 Å². The lowest BCUT2D eigenvalue weighted by Crippen LogP contribution is -2.31. The number of aromatic carboxylic acids is 1. The number of benzene rings is 2. The van der Waals surface area contributed by atoms with Gasteiger partial charge in [0.15, 0.2) is 0 Å². The van der Waals surface area contributed by atoms with Gasteiger partial charge in [-0.3, -0.25) is 19.8 Å². The van der Waals surface area contributed by atoms with Gasteiger partial charge in [0, 0.05) is 17.8 Å². The van der Waals surface area contributed by atoms with E-state index in [0.29, 0.717) is 28.0 Å². The first kappa shape index (κ1) is 31.2. The molecule has 0 bridgehead atoms. The second-order valence-electron chi connectivity index (χ2n) is 9.29. The van der Waals surface area contributed by atoms with Gasteiger partial charge in [-0.05, 0) is 65.0 Å². The SMILES string of the molecule is O=C(CCN1C(=O)/C(=C/c2cc(-c3cc(C(F)(F)F)cc(C(F)(F)F)c3)cs2)SC1=S)Nc1nc2ccc(C(=O)O)cc2[nH]1. The van der Waals surface area contributed by atoms with Crippen molar-refractivity contribution in [2.45, 2.75) is 18.8 Å². The number of anilines is 1. The van der Waals surface area contributed by atoms with E-state index in [1.54, 1.807) is 0 Å². The Kier molecular flexibility index (Phi) is 8.30. The topological polar surface area (TPSA) is 115 Å². The number of carboxylic acid groups (broad SMARTS) is 1. The molecule has 44 heavy (non-hydrogen) atoms. The molecule has 1 aliphatic heterocycles. The summed E-state index contributed by atoms with van der Waals surface area (Å²) in [5, 5.41) is 13.0. The number of nitrogens with zero attached hydrogens (tertiary/aromatic N) is 2. The van der Waals surface area contributed by atoms with Crippen molar-refractivity contribution in [2.75, 3.05) is 11.9 Å². The minimum atomic E-state index is -4.99. The van der Waals surface area contributed by atoms with Crippen molar-refractivity contribution in [3.05, 3.63) is 74.3 Å². The van der Waals surface area contributed by atoms with Gasteiger partial charge in [0.05, 0.1) is 32.6 Å². The smallest absolute Gasteiger partial charge is 0.416 e. The maximum absolute atomic E-state index is 13.3. The average Bonchev–Trinajstić information content (AvgIpc) is 3.63. The monoisotopic (exact) mass is 670 g/mol. The lowest BCUT2D eigenvalue weighted by Gasteiger charge is -2.13. The first-order chi connectivity index (χ1) is 20.6. The van der Waals surface area contributed by atoms with Crippen molar-refractivity contribution in [1.82, 2.24) is 14.9 Å². The second-order valence-corrected chi connectivity index (χ2v) is 11.9. The van der Waals surface area contributed by atoms with E-state index in [1.165, 1.54) is 40.6 Å². The molecule has 3 N–H and O–H groups in total. The number of hydrogen-bond donors (Lipinski definition) is 3. The van der Waals surface area contributed by atoms with Gasteiger partial charge < -0.3 is 10.1 Å². The number of aromatic amines is 1. The van der Waals surface area contributed by atoms with E-state index >= 15 is 0 Å². The molecule has 0 atom stereocenters. The first-order valence-electron chi connectivity index (χ1n) is 12.2. The summed E-state index contributed by atoms with van der Waals surface area (Å²) in [6.07, 6.45) is -8.72. The van der Waals surface area contributed by atoms with Gasteiger partial charge in [0.25, 0.3) is 5.91 Å². The van der Waals surface area contributed by atoms with E-state index in [-0.39, 0.29) is 50.9 Å². The van der Waals surface area contributed by atoms with Crippen LogP contribution in [-0.4, -0.2) is 48.6 Å². The first-order valence-corrected chi connectivity index (χ1v) is 14.4. The number of fused-ring (bicyclic) bond motifs is 1. The normalized spacial score (nSPS) is 15.0. The standard InChI is InChI=1S/C27H16F6N4O4S3/c28-26(29,30)15-5-13(6-16(9-15)27(31,32)33)14-7-17(43-11-14)10-20-22(39)37(25(42)44-20)4-3-21(38)36-24-34-18-2-1-12(23(40)41)8-19(18)35-24/h1-2,5-11H,3-4H2,(H,40,41)(H2,34,35,36,38)/b20-10-. The van der Waals surface area contributed by atoms with E-state index in [2.05, 4.69) is 15.3 Å². The van der Waals surface area contributed by atoms with Crippen LogP contribution in [0.25, 0.3) is 28.2 Å². The summed E-state index contributed by atoms with van der Waals surface area (Å²) in [5.41, 5.74) is -2.19. The molecule has 2 amide bonds. The number of carbonyl (C=O) groups excluding carboxylic acids is 2. The Morgan fingerprint density at radius 2 is 1.70 bits per heavy atom. The molecular formula is C27H16F6N4O4S3. The Labute approximate surface area is 256 Å². The van der Waals surface area contributed by atoms with Crippen LogP contribution in [0.3, 0.4) is 0 Å². The minimum absolute atomic E-state index is 0.0338. The molecular weight excluding hydrogens is 655 g/mol. The highest BCUT2D eigenvalue weighted by Crippen LogP contribution is 2.40. The quantitative estimate of drug-likeness (QED) is 0.108. The fourth-order valence-electron chi connectivity index (χ4n) is 4.13. The van der Waals surface area contributed by atoms with Gasteiger partial charge in [-0.1, -0.05) is 24.0 Å². The summed E-state index contributed by atoms with van der Waals surface area (Å²) >= 11 is 7.22. The number of hydrogen-bond acceptors (Lipinski definition) is 7. The molecule has 1 fully saturated rings. The predicted octanol–water partition coefficient (Wildman–Crippen LogP) is 7.26. The van der Waals surface area contributed by atoms with Gasteiger partial charge in [0.1, 0.15) is 4.32 Å². The Bertz CT molecular complexity index is 1830. The predicted molar refractivity (Wildman–Crippen MR) is 156 cm³/mol. The third kappa shape index (κ3) is 6.79. The van der Waals surface area contributed by atoms with Crippen LogP contribution in [-0.2, 0) is 21.9 Å². The number of carbonyl (C=O) groups is 3. The van der Waals surface area contributed by atoms with Crippen molar-refractivity contribution in [3.63, 3.8) is 0 Å². The maximum atomic E-state index is 13.3. The van der Waals surface area contributed by atoms with Crippen LogP contribution in [0.2, 0.25) is 0 Å². The molecule has 8 nitrogen and oxygen atoms in total. The Morgan fingerprint density at radius 3 is 2.34 bits per heavy atom. The molecule has 1 aliphatic rings. The summed E-state index contributed by atoms with van der Waals surface area (Å²) in [6, 6.07) is 6.89. The molecule has 228 valence electrons. The van der Waals surface area contributed by atoms with E-state index in [0.717, 1.165) is 23.1 Å². The van der Waals surface area contributed by atoms with Gasteiger partial charge in [-0.25, -0.2) is 9.78 Å². The zero-order chi connectivity index (χ0) is 32.0.